The zero-order valence-electron chi connectivity index (χ0n) is 28.4. The van der Waals surface area contributed by atoms with E-state index in [1.54, 1.807) is 0 Å². The van der Waals surface area contributed by atoms with Crippen LogP contribution in [-0.2, 0) is 0 Å². The van der Waals surface area contributed by atoms with Gasteiger partial charge in [0.15, 0.2) is 0 Å². The summed E-state index contributed by atoms with van der Waals surface area (Å²) in [5, 5.41) is 4.73. The molecule has 52 heavy (non-hydrogen) atoms. The monoisotopic (exact) mass is 663 g/mol. The fraction of sp³-hybridized carbons (Fsp3) is 0. The van der Waals surface area contributed by atoms with E-state index in [1.807, 2.05) is 0 Å². The Morgan fingerprint density at radius 1 is 0.308 bits per heavy atom. The van der Waals surface area contributed by atoms with E-state index in [-0.39, 0.29) is 0 Å². The van der Waals surface area contributed by atoms with Crippen LogP contribution in [0, 0.1) is 0 Å². The van der Waals surface area contributed by atoms with Gasteiger partial charge in [0, 0.05) is 28.1 Å². The first-order chi connectivity index (χ1) is 25.8. The average molecular weight is 664 g/mol. The SMILES string of the molecule is c1ccc(-c2ccc(N(c3ccc4ccccc4c3)c3cccc4c3-c3cccc(-c5ccccc5)c3-c3cc5ccccc5cc3O4)cc2)cc1. The van der Waals surface area contributed by atoms with Crippen molar-refractivity contribution < 1.29 is 4.74 Å². The fourth-order valence-corrected chi connectivity index (χ4v) is 7.77. The van der Waals surface area contributed by atoms with Crippen LogP contribution in [0.15, 0.2) is 200 Å². The summed E-state index contributed by atoms with van der Waals surface area (Å²) in [7, 11) is 0. The molecule has 9 aromatic carbocycles. The lowest BCUT2D eigenvalue weighted by Crippen LogP contribution is -2.11. The zero-order chi connectivity index (χ0) is 34.4. The minimum atomic E-state index is 0.824. The summed E-state index contributed by atoms with van der Waals surface area (Å²) < 4.78 is 7.07. The van der Waals surface area contributed by atoms with Crippen LogP contribution in [0.1, 0.15) is 0 Å². The van der Waals surface area contributed by atoms with Crippen molar-refractivity contribution in [1.82, 2.24) is 0 Å². The Morgan fingerprint density at radius 2 is 0.885 bits per heavy atom. The fourth-order valence-electron chi connectivity index (χ4n) is 7.77. The van der Waals surface area contributed by atoms with Crippen molar-refractivity contribution in [3.05, 3.63) is 200 Å². The molecular formula is C50H33NO. The number of benzene rings is 9. The second-order valence-corrected chi connectivity index (χ2v) is 13.3. The molecule has 0 unspecified atom stereocenters. The second kappa shape index (κ2) is 12.5. The van der Waals surface area contributed by atoms with Gasteiger partial charge in [-0.15, -0.1) is 0 Å². The molecular weight excluding hydrogens is 631 g/mol. The van der Waals surface area contributed by atoms with Crippen LogP contribution < -0.4 is 9.64 Å². The molecule has 0 N–H and O–H groups in total. The van der Waals surface area contributed by atoms with Crippen molar-refractivity contribution in [1.29, 1.82) is 0 Å². The lowest BCUT2D eigenvalue weighted by atomic mass is 9.86. The van der Waals surface area contributed by atoms with Crippen molar-refractivity contribution in [3.63, 3.8) is 0 Å². The second-order valence-electron chi connectivity index (χ2n) is 13.3. The highest BCUT2D eigenvalue weighted by molar-refractivity contribution is 6.06. The Balaban J connectivity index is 1.25. The lowest BCUT2D eigenvalue weighted by molar-refractivity contribution is 0.488. The van der Waals surface area contributed by atoms with Gasteiger partial charge in [0.05, 0.1) is 5.69 Å². The Kier molecular flexibility index (Phi) is 7.18. The van der Waals surface area contributed by atoms with E-state index in [4.69, 9.17) is 4.74 Å². The van der Waals surface area contributed by atoms with E-state index >= 15 is 0 Å². The minimum Gasteiger partial charge on any atom is -0.456 e. The molecule has 1 heterocycles. The number of ether oxygens (including phenoxy) is 1. The van der Waals surface area contributed by atoms with Crippen LogP contribution in [-0.4, -0.2) is 0 Å². The van der Waals surface area contributed by atoms with E-state index in [1.165, 1.54) is 44.0 Å². The summed E-state index contributed by atoms with van der Waals surface area (Å²) in [5.74, 6) is 1.67. The van der Waals surface area contributed by atoms with Crippen LogP contribution in [0.25, 0.3) is 66.1 Å². The van der Waals surface area contributed by atoms with E-state index in [2.05, 4.69) is 205 Å². The van der Waals surface area contributed by atoms with Gasteiger partial charge in [-0.05, 0) is 97.9 Å². The molecule has 2 nitrogen and oxygen atoms in total. The van der Waals surface area contributed by atoms with Crippen LogP contribution in [0.3, 0.4) is 0 Å². The van der Waals surface area contributed by atoms with Gasteiger partial charge < -0.3 is 9.64 Å². The molecule has 0 radical (unpaired) electrons. The predicted octanol–water partition coefficient (Wildman–Crippen LogP) is 14.2. The van der Waals surface area contributed by atoms with Gasteiger partial charge in [-0.25, -0.2) is 0 Å². The topological polar surface area (TPSA) is 12.5 Å². The molecule has 0 aliphatic carbocycles. The zero-order valence-corrected chi connectivity index (χ0v) is 28.4. The van der Waals surface area contributed by atoms with Crippen LogP contribution >= 0.6 is 0 Å². The first kappa shape index (κ1) is 30.0. The smallest absolute Gasteiger partial charge is 0.137 e. The van der Waals surface area contributed by atoms with Crippen molar-refractivity contribution in [2.24, 2.45) is 0 Å². The molecule has 0 bridgehead atoms. The highest BCUT2D eigenvalue weighted by atomic mass is 16.5. The molecule has 10 rings (SSSR count). The average Bonchev–Trinajstić information content (AvgIpc) is 3.35. The van der Waals surface area contributed by atoms with Gasteiger partial charge >= 0.3 is 0 Å². The molecule has 244 valence electrons. The van der Waals surface area contributed by atoms with Crippen molar-refractivity contribution in [2.45, 2.75) is 0 Å². The third kappa shape index (κ3) is 5.12. The van der Waals surface area contributed by atoms with E-state index < -0.39 is 0 Å². The predicted molar refractivity (Wildman–Crippen MR) is 218 cm³/mol. The molecule has 0 saturated heterocycles. The normalized spacial score (nSPS) is 11.6. The summed E-state index contributed by atoms with van der Waals surface area (Å²) >= 11 is 0. The highest BCUT2D eigenvalue weighted by Crippen LogP contribution is 2.55. The van der Waals surface area contributed by atoms with E-state index in [0.717, 1.165) is 50.6 Å². The van der Waals surface area contributed by atoms with Gasteiger partial charge in [0.25, 0.3) is 0 Å². The number of hydrogen-bond acceptors (Lipinski definition) is 2. The van der Waals surface area contributed by atoms with Gasteiger partial charge in [-0.3, -0.25) is 0 Å². The van der Waals surface area contributed by atoms with Crippen LogP contribution in [0.5, 0.6) is 11.5 Å². The molecule has 0 amide bonds. The Hall–Kier alpha value is -6.90. The van der Waals surface area contributed by atoms with Crippen LogP contribution in [0.2, 0.25) is 0 Å². The largest absolute Gasteiger partial charge is 0.456 e. The Bertz CT molecular complexity index is 2750. The van der Waals surface area contributed by atoms with E-state index in [9.17, 15) is 0 Å². The molecule has 0 saturated carbocycles. The van der Waals surface area contributed by atoms with Crippen molar-refractivity contribution in [2.75, 3.05) is 4.90 Å². The van der Waals surface area contributed by atoms with Crippen LogP contribution in [0.4, 0.5) is 17.1 Å². The summed E-state index contributed by atoms with van der Waals surface area (Å²) in [6.45, 7) is 0. The maximum atomic E-state index is 7.07. The summed E-state index contributed by atoms with van der Waals surface area (Å²) in [5.41, 5.74) is 12.3. The third-order valence-corrected chi connectivity index (χ3v) is 10.2. The highest BCUT2D eigenvalue weighted by Gasteiger charge is 2.29. The maximum absolute atomic E-state index is 7.07. The third-order valence-electron chi connectivity index (χ3n) is 10.2. The van der Waals surface area contributed by atoms with Gasteiger partial charge in [-0.2, -0.15) is 0 Å². The number of rotatable bonds is 5. The molecule has 2 heteroatoms. The van der Waals surface area contributed by atoms with Gasteiger partial charge in [0.2, 0.25) is 0 Å². The molecule has 1 aliphatic rings. The molecule has 1 aliphatic heterocycles. The quantitative estimate of drug-likeness (QED) is 0.182. The maximum Gasteiger partial charge on any atom is 0.137 e. The standard InChI is InChI=1S/C50H33NO/c1-3-13-34(14-4-1)36-25-28-41(29-26-36)51(42-30-27-35-15-7-8-18-38(35)31-42)46-23-12-24-47-50(46)44-22-11-21-43(37-16-5-2-6-17-37)49(44)45-32-39-19-9-10-20-40(39)33-48(45)52-47/h1-33H. The minimum absolute atomic E-state index is 0.824. The lowest BCUT2D eigenvalue weighted by Gasteiger charge is -2.29. The Labute approximate surface area is 303 Å². The number of nitrogens with zero attached hydrogens (tertiary/aromatic N) is 1. The van der Waals surface area contributed by atoms with Gasteiger partial charge in [0.1, 0.15) is 11.5 Å². The molecule has 0 spiro atoms. The molecule has 0 atom stereocenters. The van der Waals surface area contributed by atoms with Crippen molar-refractivity contribution in [3.8, 4) is 56.0 Å². The van der Waals surface area contributed by atoms with E-state index in [0.29, 0.717) is 0 Å². The number of anilines is 3. The summed E-state index contributed by atoms with van der Waals surface area (Å²) in [4.78, 5) is 2.38. The van der Waals surface area contributed by atoms with Gasteiger partial charge in [-0.1, -0.05) is 152 Å². The summed E-state index contributed by atoms with van der Waals surface area (Å²) in [6, 6.07) is 71.6. The summed E-state index contributed by atoms with van der Waals surface area (Å²) in [6.07, 6.45) is 0. The molecule has 0 aromatic heterocycles. The van der Waals surface area contributed by atoms with Crippen molar-refractivity contribution >= 4 is 38.6 Å². The molecule has 9 aromatic rings. The number of fused-ring (bicyclic) bond motifs is 7. The number of hydrogen-bond donors (Lipinski definition) is 0. The molecule has 0 fully saturated rings. The Morgan fingerprint density at radius 3 is 1.63 bits per heavy atom. The first-order valence-electron chi connectivity index (χ1n) is 17.8. The first-order valence-corrected chi connectivity index (χ1v) is 17.8.